The Labute approximate surface area is 133 Å². The van der Waals surface area contributed by atoms with Crippen LogP contribution in [0.5, 0.6) is 0 Å². The van der Waals surface area contributed by atoms with E-state index in [1.54, 1.807) is 39.3 Å². The third-order valence-corrected chi connectivity index (χ3v) is 3.47. The third-order valence-electron chi connectivity index (χ3n) is 3.47. The number of nitrogens with one attached hydrogen (secondary N) is 3. The van der Waals surface area contributed by atoms with Gasteiger partial charge < -0.3 is 19.9 Å². The summed E-state index contributed by atoms with van der Waals surface area (Å²) in [5.74, 6) is -0.569. The lowest BCUT2D eigenvalue weighted by atomic mass is 9.93. The van der Waals surface area contributed by atoms with Gasteiger partial charge >= 0.3 is 12.1 Å². The molecule has 3 N–H and O–H groups in total. The number of hydrogen-bond donors (Lipinski definition) is 3. The van der Waals surface area contributed by atoms with E-state index in [2.05, 4.69) is 20.9 Å². The zero-order valence-corrected chi connectivity index (χ0v) is 13.8. The fourth-order valence-electron chi connectivity index (χ4n) is 2.30. The van der Waals surface area contributed by atoms with E-state index in [4.69, 9.17) is 4.74 Å². The molecule has 1 aromatic heterocycles. The number of amides is 4. The van der Waals surface area contributed by atoms with E-state index >= 15 is 0 Å². The Kier molecular flexibility index (Phi) is 4.06. The number of aryl methyl sites for hydroxylation is 1. The summed E-state index contributed by atoms with van der Waals surface area (Å²) in [6.45, 7) is 6.80. The van der Waals surface area contributed by atoms with Crippen molar-refractivity contribution in [3.63, 3.8) is 0 Å². The summed E-state index contributed by atoms with van der Waals surface area (Å²) in [5, 5.41) is 7.27. The Balaban J connectivity index is 2.27. The largest absolute Gasteiger partial charge is 0.444 e. The van der Waals surface area contributed by atoms with Gasteiger partial charge in [-0.1, -0.05) is 0 Å². The average Bonchev–Trinajstić information content (AvgIpc) is 2.87. The molecule has 23 heavy (non-hydrogen) atoms. The number of hydrogen-bond acceptors (Lipinski definition) is 5. The average molecular weight is 323 g/mol. The van der Waals surface area contributed by atoms with Crippen LogP contribution >= 0.6 is 0 Å². The first kappa shape index (κ1) is 16.8. The van der Waals surface area contributed by atoms with Crippen LogP contribution in [0.3, 0.4) is 0 Å². The molecule has 0 aliphatic carbocycles. The van der Waals surface area contributed by atoms with Gasteiger partial charge in [-0.3, -0.25) is 10.1 Å². The van der Waals surface area contributed by atoms with Gasteiger partial charge in [-0.2, -0.15) is 0 Å². The van der Waals surface area contributed by atoms with Crippen molar-refractivity contribution in [3.05, 3.63) is 17.7 Å². The van der Waals surface area contributed by atoms with Gasteiger partial charge in [0.15, 0.2) is 5.54 Å². The number of alkyl carbamates (subject to hydrolysis) is 1. The van der Waals surface area contributed by atoms with Crippen molar-refractivity contribution in [1.82, 2.24) is 25.5 Å². The minimum absolute atomic E-state index is 0.169. The molecule has 1 saturated heterocycles. The number of imidazole rings is 1. The highest BCUT2D eigenvalue weighted by Crippen LogP contribution is 2.26. The van der Waals surface area contributed by atoms with Gasteiger partial charge in [0.25, 0.3) is 5.91 Å². The van der Waals surface area contributed by atoms with E-state index in [0.717, 1.165) is 0 Å². The van der Waals surface area contributed by atoms with Crippen molar-refractivity contribution in [2.75, 3.05) is 6.54 Å². The summed E-state index contributed by atoms with van der Waals surface area (Å²) in [5.41, 5.74) is -1.05. The van der Waals surface area contributed by atoms with E-state index in [1.165, 1.54) is 6.33 Å². The maximum atomic E-state index is 12.3. The Morgan fingerprint density at radius 2 is 2.09 bits per heavy atom. The molecule has 1 fully saturated rings. The first-order valence-corrected chi connectivity index (χ1v) is 7.14. The molecule has 4 amide bonds. The summed E-state index contributed by atoms with van der Waals surface area (Å²) in [4.78, 5) is 40.0. The summed E-state index contributed by atoms with van der Waals surface area (Å²) >= 11 is 0. The molecule has 1 unspecified atom stereocenters. The molecule has 1 aliphatic heterocycles. The van der Waals surface area contributed by atoms with E-state index in [-0.39, 0.29) is 6.54 Å². The Morgan fingerprint density at radius 1 is 1.43 bits per heavy atom. The summed E-state index contributed by atoms with van der Waals surface area (Å²) in [6, 6.07) is -0.633. The normalized spacial score (nSPS) is 20.9. The number of rotatable bonds is 3. The van der Waals surface area contributed by atoms with Crippen molar-refractivity contribution >= 4 is 18.0 Å². The minimum Gasteiger partial charge on any atom is -0.444 e. The van der Waals surface area contributed by atoms with Crippen molar-refractivity contribution in [1.29, 1.82) is 0 Å². The molecule has 9 nitrogen and oxygen atoms in total. The number of urea groups is 1. The zero-order valence-electron chi connectivity index (χ0n) is 13.8. The zero-order chi connectivity index (χ0) is 17.4. The molecule has 0 radical (unpaired) electrons. The lowest BCUT2D eigenvalue weighted by Gasteiger charge is -2.26. The molecule has 0 saturated carbocycles. The first-order valence-electron chi connectivity index (χ1n) is 7.14. The quantitative estimate of drug-likeness (QED) is 0.692. The highest BCUT2D eigenvalue weighted by molar-refractivity contribution is 6.07. The second-order valence-electron chi connectivity index (χ2n) is 6.46. The third kappa shape index (κ3) is 3.27. The monoisotopic (exact) mass is 323 g/mol. The predicted molar refractivity (Wildman–Crippen MR) is 80.5 cm³/mol. The van der Waals surface area contributed by atoms with E-state index in [0.29, 0.717) is 11.4 Å². The maximum absolute atomic E-state index is 12.3. The molecule has 1 atom stereocenters. The van der Waals surface area contributed by atoms with Gasteiger partial charge in [-0.25, -0.2) is 14.6 Å². The topological polar surface area (TPSA) is 114 Å². The number of aromatic nitrogens is 2. The van der Waals surface area contributed by atoms with E-state index in [9.17, 15) is 14.4 Å². The molecule has 0 spiro atoms. The fourth-order valence-corrected chi connectivity index (χ4v) is 2.30. The lowest BCUT2D eigenvalue weighted by Crippen LogP contribution is -2.53. The summed E-state index contributed by atoms with van der Waals surface area (Å²) < 4.78 is 6.88. The second kappa shape index (κ2) is 5.56. The van der Waals surface area contributed by atoms with Crippen molar-refractivity contribution < 1.29 is 19.1 Å². The minimum atomic E-state index is -1.46. The Bertz CT molecular complexity index is 661. The van der Waals surface area contributed by atoms with Crippen LogP contribution in [0.4, 0.5) is 9.59 Å². The number of nitrogens with zero attached hydrogens (tertiary/aromatic N) is 2. The van der Waals surface area contributed by atoms with Gasteiger partial charge in [0, 0.05) is 12.7 Å². The molecule has 2 heterocycles. The van der Waals surface area contributed by atoms with Gasteiger partial charge in [0.05, 0.1) is 18.6 Å². The molecule has 1 aliphatic rings. The van der Waals surface area contributed by atoms with Crippen LogP contribution in [0, 0.1) is 6.92 Å². The standard InChI is InChI=1S/C14H21N5O4/c1-8-9(16-7-19(8)5)14(10(20)17-11(21)18-14)6-15-12(22)23-13(2,3)4/h7H,6H2,1-5H3,(H,15,22)(H2,17,18,20,21). The van der Waals surface area contributed by atoms with Crippen LogP contribution in [0.25, 0.3) is 0 Å². The second-order valence-corrected chi connectivity index (χ2v) is 6.46. The summed E-state index contributed by atoms with van der Waals surface area (Å²) in [7, 11) is 1.77. The molecular weight excluding hydrogens is 302 g/mol. The van der Waals surface area contributed by atoms with Crippen LogP contribution in [0.15, 0.2) is 6.33 Å². The van der Waals surface area contributed by atoms with E-state index < -0.39 is 29.2 Å². The van der Waals surface area contributed by atoms with Crippen LogP contribution in [0.1, 0.15) is 32.2 Å². The van der Waals surface area contributed by atoms with Gasteiger partial charge in [0.1, 0.15) is 5.60 Å². The molecular formula is C14H21N5O4. The molecule has 0 bridgehead atoms. The van der Waals surface area contributed by atoms with Crippen LogP contribution < -0.4 is 16.0 Å². The smallest absolute Gasteiger partial charge is 0.407 e. The summed E-state index contributed by atoms with van der Waals surface area (Å²) in [6.07, 6.45) is 0.858. The number of ether oxygens (including phenoxy) is 1. The highest BCUT2D eigenvalue weighted by atomic mass is 16.6. The van der Waals surface area contributed by atoms with E-state index in [1.807, 2.05) is 0 Å². The molecule has 9 heteroatoms. The number of carbonyl (C=O) groups excluding carboxylic acids is 3. The van der Waals surface area contributed by atoms with Crippen LogP contribution in [0.2, 0.25) is 0 Å². The first-order chi connectivity index (χ1) is 10.5. The van der Waals surface area contributed by atoms with Crippen molar-refractivity contribution in [3.8, 4) is 0 Å². The Morgan fingerprint density at radius 3 is 2.52 bits per heavy atom. The molecule has 126 valence electrons. The predicted octanol–water partition coefficient (Wildman–Crippen LogP) is 0.288. The van der Waals surface area contributed by atoms with Gasteiger partial charge in [0.2, 0.25) is 0 Å². The molecule has 2 rings (SSSR count). The number of carbonyl (C=O) groups is 3. The van der Waals surface area contributed by atoms with Gasteiger partial charge in [-0.05, 0) is 27.7 Å². The van der Waals surface area contributed by atoms with Gasteiger partial charge in [-0.15, -0.1) is 0 Å². The lowest BCUT2D eigenvalue weighted by molar-refractivity contribution is -0.124. The van der Waals surface area contributed by atoms with Crippen LogP contribution in [-0.4, -0.2) is 39.7 Å². The maximum Gasteiger partial charge on any atom is 0.407 e. The van der Waals surface area contributed by atoms with Crippen molar-refractivity contribution in [2.45, 2.75) is 38.8 Å². The number of imide groups is 1. The molecule has 1 aromatic rings. The van der Waals surface area contributed by atoms with Crippen molar-refractivity contribution in [2.24, 2.45) is 7.05 Å². The highest BCUT2D eigenvalue weighted by Gasteiger charge is 2.50. The molecule has 0 aromatic carbocycles. The Hall–Kier alpha value is -2.58. The van der Waals surface area contributed by atoms with Crippen LogP contribution in [-0.2, 0) is 22.1 Å². The SMILES string of the molecule is Cc1c(C2(CNC(=O)OC(C)(C)C)NC(=O)NC2=O)ncn1C. The fraction of sp³-hybridized carbons (Fsp3) is 0.571.